The Kier molecular flexibility index (Phi) is 3.23. The molecule has 0 amide bonds. The molecular formula is C16H16FN5O. The summed E-state index contributed by atoms with van der Waals surface area (Å²) in [5.41, 5.74) is 7.96. The van der Waals surface area contributed by atoms with Gasteiger partial charge in [-0.1, -0.05) is 18.0 Å². The first kappa shape index (κ1) is 14.1. The number of nitrogens with one attached hydrogen (secondary N) is 1. The maximum Gasteiger partial charge on any atom is 0.276 e. The molecule has 23 heavy (non-hydrogen) atoms. The van der Waals surface area contributed by atoms with Crippen LogP contribution >= 0.6 is 0 Å². The normalized spacial score (nSPS) is 16.8. The third-order valence-corrected chi connectivity index (χ3v) is 4.32. The van der Waals surface area contributed by atoms with Crippen molar-refractivity contribution in [3.8, 4) is 22.8 Å². The second kappa shape index (κ2) is 5.27. The van der Waals surface area contributed by atoms with Crippen LogP contribution in [0.4, 0.5) is 4.39 Å². The number of aromatic amines is 1. The van der Waals surface area contributed by atoms with Crippen molar-refractivity contribution in [2.45, 2.75) is 31.2 Å². The Morgan fingerprint density at radius 3 is 2.65 bits per heavy atom. The molecule has 1 aliphatic carbocycles. The Bertz CT molecular complexity index is 817. The van der Waals surface area contributed by atoms with Crippen molar-refractivity contribution >= 4 is 0 Å². The third-order valence-electron chi connectivity index (χ3n) is 4.32. The first-order valence-electron chi connectivity index (χ1n) is 7.59. The molecule has 0 aliphatic heterocycles. The van der Waals surface area contributed by atoms with E-state index < -0.39 is 5.54 Å². The Hall–Kier alpha value is -2.54. The first-order chi connectivity index (χ1) is 11.1. The van der Waals surface area contributed by atoms with E-state index in [0.29, 0.717) is 23.1 Å². The molecule has 118 valence electrons. The lowest BCUT2D eigenvalue weighted by atomic mass is 9.99. The van der Waals surface area contributed by atoms with Crippen molar-refractivity contribution in [2.75, 3.05) is 0 Å². The molecule has 4 rings (SSSR count). The van der Waals surface area contributed by atoms with Gasteiger partial charge in [-0.3, -0.25) is 5.10 Å². The van der Waals surface area contributed by atoms with Crippen LogP contribution in [0.25, 0.3) is 22.8 Å². The van der Waals surface area contributed by atoms with Gasteiger partial charge in [0.1, 0.15) is 11.5 Å². The summed E-state index contributed by atoms with van der Waals surface area (Å²) in [5, 5.41) is 11.1. The molecule has 0 atom stereocenters. The molecule has 3 N–H and O–H groups in total. The van der Waals surface area contributed by atoms with Gasteiger partial charge >= 0.3 is 0 Å². The number of hydrogen-bond acceptors (Lipinski definition) is 5. The van der Waals surface area contributed by atoms with E-state index in [2.05, 4.69) is 20.3 Å². The molecule has 2 heterocycles. The van der Waals surface area contributed by atoms with E-state index in [1.165, 1.54) is 12.1 Å². The second-order valence-corrected chi connectivity index (χ2v) is 5.96. The topological polar surface area (TPSA) is 93.6 Å². The van der Waals surface area contributed by atoms with Gasteiger partial charge in [0.2, 0.25) is 0 Å². The second-order valence-electron chi connectivity index (χ2n) is 5.96. The van der Waals surface area contributed by atoms with E-state index >= 15 is 0 Å². The summed E-state index contributed by atoms with van der Waals surface area (Å²) in [6.45, 7) is 0. The molecule has 0 saturated heterocycles. The van der Waals surface area contributed by atoms with Gasteiger partial charge in [0.25, 0.3) is 5.89 Å². The van der Waals surface area contributed by atoms with Crippen LogP contribution in [-0.2, 0) is 5.54 Å². The predicted molar refractivity (Wildman–Crippen MR) is 81.6 cm³/mol. The number of H-pyrrole nitrogens is 1. The highest BCUT2D eigenvalue weighted by Gasteiger charge is 2.36. The molecule has 1 fully saturated rings. The monoisotopic (exact) mass is 313 g/mol. The van der Waals surface area contributed by atoms with Crippen LogP contribution in [-0.4, -0.2) is 20.3 Å². The molecule has 0 bridgehead atoms. The van der Waals surface area contributed by atoms with Gasteiger partial charge in [-0.2, -0.15) is 10.1 Å². The minimum atomic E-state index is -0.485. The van der Waals surface area contributed by atoms with E-state index in [0.717, 1.165) is 31.2 Å². The first-order valence-corrected chi connectivity index (χ1v) is 7.59. The molecule has 1 saturated carbocycles. The SMILES string of the molecule is NC1(c2noc(-c3cc(-c4ccc(F)cc4)n[nH]3)n2)CCCC1. The third kappa shape index (κ3) is 2.53. The van der Waals surface area contributed by atoms with Gasteiger partial charge in [-0.15, -0.1) is 0 Å². The molecule has 3 aromatic rings. The highest BCUT2D eigenvalue weighted by Crippen LogP contribution is 2.35. The quantitative estimate of drug-likeness (QED) is 0.775. The molecule has 0 spiro atoms. The fourth-order valence-electron chi connectivity index (χ4n) is 2.96. The van der Waals surface area contributed by atoms with Gasteiger partial charge in [-0.05, 0) is 43.2 Å². The number of benzene rings is 1. The van der Waals surface area contributed by atoms with Gasteiger partial charge in [-0.25, -0.2) is 4.39 Å². The average Bonchev–Trinajstić information content (AvgIpc) is 3.28. The Morgan fingerprint density at radius 2 is 1.91 bits per heavy atom. The van der Waals surface area contributed by atoms with Crippen molar-refractivity contribution in [1.82, 2.24) is 20.3 Å². The smallest absolute Gasteiger partial charge is 0.276 e. The van der Waals surface area contributed by atoms with E-state index in [9.17, 15) is 4.39 Å². The van der Waals surface area contributed by atoms with Crippen molar-refractivity contribution in [2.24, 2.45) is 5.73 Å². The summed E-state index contributed by atoms with van der Waals surface area (Å²) < 4.78 is 18.3. The molecule has 2 aromatic heterocycles. The van der Waals surface area contributed by atoms with Crippen molar-refractivity contribution < 1.29 is 8.91 Å². The lowest BCUT2D eigenvalue weighted by Crippen LogP contribution is -2.34. The molecule has 0 unspecified atom stereocenters. The average molecular weight is 313 g/mol. The van der Waals surface area contributed by atoms with Crippen LogP contribution < -0.4 is 5.73 Å². The lowest BCUT2D eigenvalue weighted by molar-refractivity contribution is 0.372. The maximum absolute atomic E-state index is 13.0. The van der Waals surface area contributed by atoms with Crippen molar-refractivity contribution in [3.05, 3.63) is 42.0 Å². The van der Waals surface area contributed by atoms with Gasteiger partial charge in [0.15, 0.2) is 5.82 Å². The van der Waals surface area contributed by atoms with E-state index in [-0.39, 0.29) is 5.82 Å². The fraction of sp³-hybridized carbons (Fsp3) is 0.312. The molecule has 6 nitrogen and oxygen atoms in total. The summed E-state index contributed by atoms with van der Waals surface area (Å²) in [6.07, 6.45) is 3.91. The lowest BCUT2D eigenvalue weighted by Gasteiger charge is -2.17. The molecular weight excluding hydrogens is 297 g/mol. The zero-order valence-corrected chi connectivity index (χ0v) is 12.4. The number of halogens is 1. The van der Waals surface area contributed by atoms with Crippen LogP contribution in [0.2, 0.25) is 0 Å². The van der Waals surface area contributed by atoms with Crippen LogP contribution in [0.3, 0.4) is 0 Å². The van der Waals surface area contributed by atoms with Crippen LogP contribution in [0.15, 0.2) is 34.9 Å². The Labute approximate surface area is 131 Å². The van der Waals surface area contributed by atoms with Gasteiger partial charge in [0.05, 0.1) is 11.2 Å². The van der Waals surface area contributed by atoms with Crippen LogP contribution in [0.1, 0.15) is 31.5 Å². The van der Waals surface area contributed by atoms with E-state index in [1.807, 2.05) is 0 Å². The molecule has 0 radical (unpaired) electrons. The zero-order chi connectivity index (χ0) is 15.9. The summed E-state index contributed by atoms with van der Waals surface area (Å²) in [6, 6.07) is 7.92. The number of nitrogens with two attached hydrogens (primary N) is 1. The minimum Gasteiger partial charge on any atom is -0.332 e. The molecule has 1 aliphatic rings. The number of hydrogen-bond donors (Lipinski definition) is 2. The number of rotatable bonds is 3. The van der Waals surface area contributed by atoms with E-state index in [1.54, 1.807) is 18.2 Å². The zero-order valence-electron chi connectivity index (χ0n) is 12.4. The highest BCUT2D eigenvalue weighted by atomic mass is 19.1. The summed E-state index contributed by atoms with van der Waals surface area (Å²) in [7, 11) is 0. The standard InChI is InChI=1S/C16H16FN5O/c17-11-5-3-10(4-6-11)12-9-13(21-20-12)14-19-15(22-23-14)16(18)7-1-2-8-16/h3-6,9H,1-2,7-8,18H2,(H,20,21). The largest absolute Gasteiger partial charge is 0.332 e. The summed E-state index contributed by atoms with van der Waals surface area (Å²) in [5.74, 6) is 0.622. The van der Waals surface area contributed by atoms with Gasteiger partial charge in [0, 0.05) is 5.56 Å². The van der Waals surface area contributed by atoms with Crippen LogP contribution in [0, 0.1) is 5.82 Å². The Balaban J connectivity index is 1.62. The molecule has 1 aromatic carbocycles. The van der Waals surface area contributed by atoms with Crippen LogP contribution in [0.5, 0.6) is 0 Å². The van der Waals surface area contributed by atoms with Crippen molar-refractivity contribution in [3.63, 3.8) is 0 Å². The number of aromatic nitrogens is 4. The van der Waals surface area contributed by atoms with Gasteiger partial charge < -0.3 is 10.3 Å². The predicted octanol–water partition coefficient (Wildman–Crippen LogP) is 2.99. The highest BCUT2D eigenvalue weighted by molar-refractivity contribution is 5.64. The van der Waals surface area contributed by atoms with E-state index in [4.69, 9.17) is 10.3 Å². The maximum atomic E-state index is 13.0. The summed E-state index contributed by atoms with van der Waals surface area (Å²) >= 11 is 0. The minimum absolute atomic E-state index is 0.282. The fourth-order valence-corrected chi connectivity index (χ4v) is 2.96. The molecule has 7 heteroatoms. The Morgan fingerprint density at radius 1 is 1.17 bits per heavy atom. The van der Waals surface area contributed by atoms with Crippen molar-refractivity contribution in [1.29, 1.82) is 0 Å². The number of nitrogens with zero attached hydrogens (tertiary/aromatic N) is 3. The summed E-state index contributed by atoms with van der Waals surface area (Å²) in [4.78, 5) is 4.42.